The predicted octanol–water partition coefficient (Wildman–Crippen LogP) is 3.03. The zero-order valence-electron chi connectivity index (χ0n) is 13.1. The summed E-state index contributed by atoms with van der Waals surface area (Å²) in [6.07, 6.45) is 6.53. The van der Waals surface area contributed by atoms with E-state index in [0.717, 1.165) is 32.1 Å². The maximum Gasteiger partial charge on any atom is 0.240 e. The number of nitriles is 1. The van der Waals surface area contributed by atoms with Gasteiger partial charge in [0.2, 0.25) is 5.91 Å². The Morgan fingerprint density at radius 3 is 2.40 bits per heavy atom. The van der Waals surface area contributed by atoms with Gasteiger partial charge in [-0.3, -0.25) is 4.79 Å². The summed E-state index contributed by atoms with van der Waals surface area (Å²) in [6, 6.07) is 2.30. The number of methoxy groups -OCH3 is 1. The summed E-state index contributed by atoms with van der Waals surface area (Å²) in [5.74, 6) is -0.0765. The van der Waals surface area contributed by atoms with Crippen LogP contribution in [-0.2, 0) is 9.53 Å². The summed E-state index contributed by atoms with van der Waals surface area (Å²) in [4.78, 5) is 12.5. The molecule has 0 unspecified atom stereocenters. The molecule has 0 aromatic heterocycles. The van der Waals surface area contributed by atoms with Crippen LogP contribution in [0.25, 0.3) is 0 Å². The summed E-state index contributed by atoms with van der Waals surface area (Å²) < 4.78 is 5.09. The topological polar surface area (TPSA) is 62.1 Å². The molecule has 1 saturated carbocycles. The first-order chi connectivity index (χ1) is 9.46. The fourth-order valence-corrected chi connectivity index (χ4v) is 2.68. The van der Waals surface area contributed by atoms with Crippen LogP contribution < -0.4 is 5.32 Å². The Bertz CT molecular complexity index is 350. The van der Waals surface area contributed by atoms with Crippen LogP contribution in [0.15, 0.2) is 0 Å². The summed E-state index contributed by atoms with van der Waals surface area (Å²) in [7, 11) is 1.69. The van der Waals surface area contributed by atoms with E-state index in [9.17, 15) is 10.1 Å². The van der Waals surface area contributed by atoms with Crippen LogP contribution in [0.5, 0.6) is 0 Å². The third-order valence-corrected chi connectivity index (χ3v) is 4.32. The van der Waals surface area contributed by atoms with E-state index in [1.165, 1.54) is 0 Å². The molecule has 0 aromatic carbocycles. The van der Waals surface area contributed by atoms with Gasteiger partial charge in [0, 0.05) is 20.3 Å². The molecule has 0 atom stereocenters. The van der Waals surface area contributed by atoms with Gasteiger partial charge in [-0.15, -0.1) is 0 Å². The van der Waals surface area contributed by atoms with Gasteiger partial charge in [-0.25, -0.2) is 0 Å². The van der Waals surface area contributed by atoms with Crippen molar-refractivity contribution in [2.75, 3.05) is 20.3 Å². The van der Waals surface area contributed by atoms with Crippen molar-refractivity contribution in [3.8, 4) is 6.07 Å². The van der Waals surface area contributed by atoms with Crippen molar-refractivity contribution in [1.29, 1.82) is 5.26 Å². The second-order valence-electron chi connectivity index (χ2n) is 6.70. The highest BCUT2D eigenvalue weighted by Gasteiger charge is 2.39. The molecule has 0 spiro atoms. The van der Waals surface area contributed by atoms with E-state index < -0.39 is 5.41 Å². The third-order valence-electron chi connectivity index (χ3n) is 4.32. The Labute approximate surface area is 122 Å². The minimum absolute atomic E-state index is 0.00690. The predicted molar refractivity (Wildman–Crippen MR) is 79.0 cm³/mol. The van der Waals surface area contributed by atoms with Gasteiger partial charge in [-0.05, 0) is 24.7 Å². The van der Waals surface area contributed by atoms with Crippen LogP contribution in [0.4, 0.5) is 0 Å². The van der Waals surface area contributed by atoms with Crippen molar-refractivity contribution in [1.82, 2.24) is 5.32 Å². The first-order valence-electron chi connectivity index (χ1n) is 7.64. The van der Waals surface area contributed by atoms with Gasteiger partial charge in [-0.2, -0.15) is 5.26 Å². The molecule has 1 rings (SSSR count). The summed E-state index contributed by atoms with van der Waals surface area (Å²) in [5.41, 5.74) is -0.805. The fraction of sp³-hybridized carbons (Fsp3) is 0.875. The zero-order valence-corrected chi connectivity index (χ0v) is 13.1. The quantitative estimate of drug-likeness (QED) is 0.761. The van der Waals surface area contributed by atoms with E-state index in [1.807, 2.05) is 0 Å². The number of hydrogen-bond acceptors (Lipinski definition) is 3. The lowest BCUT2D eigenvalue weighted by atomic mass is 9.80. The van der Waals surface area contributed by atoms with Crippen LogP contribution in [0.1, 0.15) is 58.8 Å². The number of nitrogens with one attached hydrogen (secondary N) is 1. The lowest BCUT2D eigenvalue weighted by Gasteiger charge is -2.29. The van der Waals surface area contributed by atoms with Crippen molar-refractivity contribution in [3.63, 3.8) is 0 Å². The molecule has 1 amide bonds. The number of ether oxygens (including phenoxy) is 1. The number of hydrogen-bond donors (Lipinski definition) is 1. The van der Waals surface area contributed by atoms with Gasteiger partial charge < -0.3 is 10.1 Å². The fourth-order valence-electron chi connectivity index (χ4n) is 2.68. The molecule has 0 radical (unpaired) electrons. The Morgan fingerprint density at radius 1 is 1.30 bits per heavy atom. The molecule has 0 saturated heterocycles. The molecular formula is C16H28N2O2. The van der Waals surface area contributed by atoms with Crippen LogP contribution in [0.3, 0.4) is 0 Å². The lowest BCUT2D eigenvalue weighted by molar-refractivity contribution is -0.129. The molecule has 114 valence electrons. The lowest BCUT2D eigenvalue weighted by Crippen LogP contribution is -2.43. The zero-order chi connectivity index (χ0) is 15.1. The highest BCUT2D eigenvalue weighted by Crippen LogP contribution is 2.35. The van der Waals surface area contributed by atoms with Crippen molar-refractivity contribution in [3.05, 3.63) is 0 Å². The maximum absolute atomic E-state index is 12.5. The maximum atomic E-state index is 12.5. The van der Waals surface area contributed by atoms with E-state index in [-0.39, 0.29) is 11.3 Å². The minimum Gasteiger partial charge on any atom is -0.385 e. The number of amides is 1. The SMILES string of the molecule is COCCC(C)(C)CNC(=O)C1(C#N)CCCCCC1. The Hall–Kier alpha value is -1.08. The van der Waals surface area contributed by atoms with Crippen molar-refractivity contribution >= 4 is 5.91 Å². The first-order valence-corrected chi connectivity index (χ1v) is 7.64. The van der Waals surface area contributed by atoms with Gasteiger partial charge in [0.15, 0.2) is 0 Å². The summed E-state index contributed by atoms with van der Waals surface area (Å²) in [6.45, 7) is 5.50. The van der Waals surface area contributed by atoms with E-state index in [0.29, 0.717) is 26.0 Å². The molecule has 0 bridgehead atoms. The minimum atomic E-state index is -0.798. The Kier molecular flexibility index (Phi) is 6.48. The van der Waals surface area contributed by atoms with E-state index in [4.69, 9.17) is 4.74 Å². The normalized spacial score (nSPS) is 18.9. The average Bonchev–Trinajstić information content (AvgIpc) is 2.69. The molecule has 4 nitrogen and oxygen atoms in total. The van der Waals surface area contributed by atoms with Crippen molar-refractivity contribution in [2.45, 2.75) is 58.8 Å². The van der Waals surface area contributed by atoms with Crippen LogP contribution >= 0.6 is 0 Å². The van der Waals surface area contributed by atoms with Crippen LogP contribution in [0, 0.1) is 22.2 Å². The number of nitrogens with zero attached hydrogens (tertiary/aromatic N) is 1. The second-order valence-corrected chi connectivity index (χ2v) is 6.70. The van der Waals surface area contributed by atoms with Gasteiger partial charge in [0.1, 0.15) is 5.41 Å². The van der Waals surface area contributed by atoms with E-state index >= 15 is 0 Å². The molecule has 1 N–H and O–H groups in total. The number of carbonyl (C=O) groups is 1. The van der Waals surface area contributed by atoms with Gasteiger partial charge in [-0.1, -0.05) is 39.5 Å². The van der Waals surface area contributed by atoms with E-state index in [1.54, 1.807) is 7.11 Å². The summed E-state index contributed by atoms with van der Waals surface area (Å²) >= 11 is 0. The largest absolute Gasteiger partial charge is 0.385 e. The second kappa shape index (κ2) is 7.64. The van der Waals surface area contributed by atoms with Gasteiger partial charge in [0.25, 0.3) is 0 Å². The highest BCUT2D eigenvalue weighted by atomic mass is 16.5. The van der Waals surface area contributed by atoms with Crippen molar-refractivity contribution in [2.24, 2.45) is 10.8 Å². The Balaban J connectivity index is 2.57. The molecule has 1 aliphatic carbocycles. The molecule has 0 heterocycles. The molecule has 20 heavy (non-hydrogen) atoms. The first kappa shape index (κ1) is 17.0. The molecule has 1 aliphatic rings. The van der Waals surface area contributed by atoms with E-state index in [2.05, 4.69) is 25.2 Å². The monoisotopic (exact) mass is 280 g/mol. The summed E-state index contributed by atoms with van der Waals surface area (Å²) in [5, 5.41) is 12.5. The third kappa shape index (κ3) is 4.79. The van der Waals surface area contributed by atoms with Crippen LogP contribution in [0.2, 0.25) is 0 Å². The molecule has 0 aromatic rings. The van der Waals surface area contributed by atoms with Gasteiger partial charge in [0.05, 0.1) is 6.07 Å². The molecule has 1 fully saturated rings. The number of carbonyl (C=O) groups excluding carboxylic acids is 1. The number of rotatable bonds is 6. The van der Waals surface area contributed by atoms with Crippen molar-refractivity contribution < 1.29 is 9.53 Å². The van der Waals surface area contributed by atoms with Crippen LogP contribution in [-0.4, -0.2) is 26.2 Å². The smallest absolute Gasteiger partial charge is 0.240 e. The molecular weight excluding hydrogens is 252 g/mol. The average molecular weight is 280 g/mol. The molecule has 4 heteroatoms. The standard InChI is InChI=1S/C16H28N2O2/c1-15(2,10-11-20-3)13-18-14(19)16(12-17)8-6-4-5-7-9-16/h4-11,13H2,1-3H3,(H,18,19). The Morgan fingerprint density at radius 2 is 1.90 bits per heavy atom. The van der Waals surface area contributed by atoms with Gasteiger partial charge >= 0.3 is 0 Å². The highest BCUT2D eigenvalue weighted by molar-refractivity contribution is 5.85. The molecule has 0 aliphatic heterocycles.